The fraction of sp³-hybridized carbons (Fsp3) is 0.812. The van der Waals surface area contributed by atoms with Crippen LogP contribution in [0.2, 0.25) is 0 Å². The first-order valence-corrected chi connectivity index (χ1v) is 9.82. The van der Waals surface area contributed by atoms with Gasteiger partial charge in [0.05, 0.1) is 0 Å². The van der Waals surface area contributed by atoms with Gasteiger partial charge in [0, 0.05) is 38.6 Å². The van der Waals surface area contributed by atoms with E-state index in [2.05, 4.69) is 25.8 Å². The standard InChI is InChI=1S/C16H30N6OS/c1-4-23-9-6-8-17-16(18-11-14-7-5-10-24-14)19-12-15-21-20-13(2)22(15)3/h14H,4-12H2,1-3H3,(H2,17,18,19). The van der Waals surface area contributed by atoms with Crippen LogP contribution in [0.4, 0.5) is 0 Å². The predicted molar refractivity (Wildman–Crippen MR) is 99.5 cm³/mol. The number of ether oxygens (including phenoxy) is 1. The van der Waals surface area contributed by atoms with Gasteiger partial charge >= 0.3 is 0 Å². The highest BCUT2D eigenvalue weighted by molar-refractivity contribution is 8.00. The second-order valence-corrected chi connectivity index (χ2v) is 7.29. The van der Waals surface area contributed by atoms with E-state index in [0.717, 1.165) is 50.3 Å². The minimum Gasteiger partial charge on any atom is -0.382 e. The van der Waals surface area contributed by atoms with Crippen LogP contribution in [-0.4, -0.2) is 58.0 Å². The molecule has 0 bridgehead atoms. The molecule has 1 fully saturated rings. The Morgan fingerprint density at radius 1 is 1.42 bits per heavy atom. The van der Waals surface area contributed by atoms with Crippen molar-refractivity contribution in [1.29, 1.82) is 0 Å². The van der Waals surface area contributed by atoms with Crippen LogP contribution in [0.1, 0.15) is 37.8 Å². The third-order valence-electron chi connectivity index (χ3n) is 4.04. The monoisotopic (exact) mass is 354 g/mol. The number of aliphatic imine (C=N–C) groups is 1. The number of hydrogen-bond acceptors (Lipinski definition) is 5. The van der Waals surface area contributed by atoms with E-state index in [4.69, 9.17) is 4.74 Å². The topological polar surface area (TPSA) is 76.4 Å². The molecule has 2 rings (SSSR count). The molecule has 1 saturated heterocycles. The fourth-order valence-corrected chi connectivity index (χ4v) is 3.66. The summed E-state index contributed by atoms with van der Waals surface area (Å²) >= 11 is 2.05. The van der Waals surface area contributed by atoms with Gasteiger partial charge in [-0.25, -0.2) is 4.99 Å². The van der Waals surface area contributed by atoms with Crippen molar-refractivity contribution in [3.05, 3.63) is 11.6 Å². The van der Waals surface area contributed by atoms with Gasteiger partial charge in [0.15, 0.2) is 11.8 Å². The largest absolute Gasteiger partial charge is 0.382 e. The van der Waals surface area contributed by atoms with E-state index >= 15 is 0 Å². The van der Waals surface area contributed by atoms with Crippen LogP contribution >= 0.6 is 11.8 Å². The summed E-state index contributed by atoms with van der Waals surface area (Å²) in [4.78, 5) is 4.67. The van der Waals surface area contributed by atoms with E-state index in [1.165, 1.54) is 18.6 Å². The summed E-state index contributed by atoms with van der Waals surface area (Å²) < 4.78 is 7.35. The molecule has 0 spiro atoms. The Labute approximate surface area is 149 Å². The first-order chi connectivity index (χ1) is 11.7. The van der Waals surface area contributed by atoms with Crippen molar-refractivity contribution >= 4 is 17.7 Å². The second kappa shape index (κ2) is 10.6. The lowest BCUT2D eigenvalue weighted by Crippen LogP contribution is -2.41. The Morgan fingerprint density at radius 2 is 2.29 bits per heavy atom. The molecule has 136 valence electrons. The number of thioether (sulfide) groups is 1. The molecule has 7 nitrogen and oxygen atoms in total. The molecule has 2 heterocycles. The van der Waals surface area contributed by atoms with Gasteiger partial charge in [-0.2, -0.15) is 11.8 Å². The van der Waals surface area contributed by atoms with Crippen LogP contribution in [0.25, 0.3) is 0 Å². The van der Waals surface area contributed by atoms with Crippen LogP contribution in [0, 0.1) is 6.92 Å². The lowest BCUT2D eigenvalue weighted by Gasteiger charge is -2.15. The average Bonchev–Trinajstić information content (AvgIpc) is 3.21. The van der Waals surface area contributed by atoms with Crippen LogP contribution in [-0.2, 0) is 18.3 Å². The van der Waals surface area contributed by atoms with Crippen molar-refractivity contribution in [2.24, 2.45) is 12.0 Å². The number of nitrogens with zero attached hydrogens (tertiary/aromatic N) is 4. The number of guanidine groups is 1. The summed E-state index contributed by atoms with van der Waals surface area (Å²) in [5.74, 6) is 3.90. The lowest BCUT2D eigenvalue weighted by molar-refractivity contribution is 0.145. The molecule has 0 amide bonds. The highest BCUT2D eigenvalue weighted by Crippen LogP contribution is 2.25. The molecular weight excluding hydrogens is 324 g/mol. The van der Waals surface area contributed by atoms with E-state index in [1.807, 2.05) is 37.2 Å². The molecule has 1 aliphatic rings. The molecule has 2 N–H and O–H groups in total. The average molecular weight is 355 g/mol. The summed E-state index contributed by atoms with van der Waals surface area (Å²) in [6.07, 6.45) is 3.58. The molecule has 0 saturated carbocycles. The maximum atomic E-state index is 5.38. The highest BCUT2D eigenvalue weighted by Gasteiger charge is 2.15. The predicted octanol–water partition coefficient (Wildman–Crippen LogP) is 1.48. The van der Waals surface area contributed by atoms with Crippen molar-refractivity contribution in [1.82, 2.24) is 25.4 Å². The molecule has 24 heavy (non-hydrogen) atoms. The van der Waals surface area contributed by atoms with Gasteiger partial charge in [-0.05, 0) is 38.9 Å². The number of aryl methyl sites for hydroxylation is 1. The van der Waals surface area contributed by atoms with E-state index in [-0.39, 0.29) is 0 Å². The van der Waals surface area contributed by atoms with E-state index in [0.29, 0.717) is 11.8 Å². The van der Waals surface area contributed by atoms with Gasteiger partial charge in [-0.3, -0.25) is 0 Å². The highest BCUT2D eigenvalue weighted by atomic mass is 32.2. The van der Waals surface area contributed by atoms with E-state index in [9.17, 15) is 0 Å². The minimum atomic E-state index is 0.524. The second-order valence-electron chi connectivity index (χ2n) is 5.88. The third-order valence-corrected chi connectivity index (χ3v) is 5.44. The summed E-state index contributed by atoms with van der Waals surface area (Å²) in [6.45, 7) is 7.84. The zero-order chi connectivity index (χ0) is 17.2. The molecule has 0 radical (unpaired) electrons. The zero-order valence-corrected chi connectivity index (χ0v) is 15.9. The minimum absolute atomic E-state index is 0.524. The van der Waals surface area contributed by atoms with Crippen LogP contribution in [0.5, 0.6) is 0 Å². The summed E-state index contributed by atoms with van der Waals surface area (Å²) in [7, 11) is 1.97. The van der Waals surface area contributed by atoms with Crippen molar-refractivity contribution in [2.45, 2.75) is 44.9 Å². The van der Waals surface area contributed by atoms with E-state index in [1.54, 1.807) is 0 Å². The van der Waals surface area contributed by atoms with Gasteiger partial charge in [-0.1, -0.05) is 0 Å². The molecule has 1 aliphatic heterocycles. The number of rotatable bonds is 9. The summed E-state index contributed by atoms with van der Waals surface area (Å²) in [5.41, 5.74) is 0. The maximum absolute atomic E-state index is 5.38. The van der Waals surface area contributed by atoms with E-state index < -0.39 is 0 Å². The Bertz CT molecular complexity index is 513. The first-order valence-electron chi connectivity index (χ1n) is 8.77. The normalized spacial score (nSPS) is 18.1. The molecule has 1 atom stereocenters. The van der Waals surface area contributed by atoms with Crippen molar-refractivity contribution in [3.63, 3.8) is 0 Å². The fourth-order valence-electron chi connectivity index (χ4n) is 2.45. The molecule has 1 unspecified atom stereocenters. The molecule has 8 heteroatoms. The molecule has 0 aromatic carbocycles. The van der Waals surface area contributed by atoms with Crippen LogP contribution in [0.3, 0.4) is 0 Å². The third kappa shape index (κ3) is 6.32. The van der Waals surface area contributed by atoms with Crippen LogP contribution in [0.15, 0.2) is 4.99 Å². The Kier molecular flexibility index (Phi) is 8.38. The zero-order valence-electron chi connectivity index (χ0n) is 15.0. The quantitative estimate of drug-likeness (QED) is 0.397. The first kappa shape index (κ1) is 19.1. The smallest absolute Gasteiger partial charge is 0.191 e. The molecule has 1 aromatic rings. The Hall–Kier alpha value is -1.28. The number of aromatic nitrogens is 3. The van der Waals surface area contributed by atoms with Gasteiger partial charge in [0.25, 0.3) is 0 Å². The number of hydrogen-bond donors (Lipinski definition) is 2. The summed E-state index contributed by atoms with van der Waals surface area (Å²) in [5, 5.41) is 15.8. The lowest BCUT2D eigenvalue weighted by atomic mass is 10.2. The van der Waals surface area contributed by atoms with Gasteiger partial charge in [0.1, 0.15) is 12.4 Å². The SMILES string of the molecule is CCOCCCNC(=NCc1nnc(C)n1C)NCC1CCCS1. The van der Waals surface area contributed by atoms with Crippen molar-refractivity contribution < 1.29 is 4.74 Å². The Morgan fingerprint density at radius 3 is 2.96 bits per heavy atom. The van der Waals surface area contributed by atoms with Crippen molar-refractivity contribution in [2.75, 3.05) is 32.1 Å². The van der Waals surface area contributed by atoms with Crippen LogP contribution < -0.4 is 10.6 Å². The van der Waals surface area contributed by atoms with Gasteiger partial charge in [-0.15, -0.1) is 10.2 Å². The van der Waals surface area contributed by atoms with Gasteiger partial charge < -0.3 is 19.9 Å². The molecule has 0 aliphatic carbocycles. The van der Waals surface area contributed by atoms with Crippen molar-refractivity contribution in [3.8, 4) is 0 Å². The summed E-state index contributed by atoms with van der Waals surface area (Å²) in [6, 6.07) is 0. The Balaban J connectivity index is 1.84. The maximum Gasteiger partial charge on any atom is 0.191 e. The number of nitrogens with one attached hydrogen (secondary N) is 2. The van der Waals surface area contributed by atoms with Gasteiger partial charge in [0.2, 0.25) is 0 Å². The molecule has 1 aromatic heterocycles. The molecular formula is C16H30N6OS.